The number of carbonyl (C=O) groups is 2. The van der Waals surface area contributed by atoms with Gasteiger partial charge in [0, 0.05) is 30.3 Å². The molecule has 0 heterocycles. The van der Waals surface area contributed by atoms with Crippen molar-refractivity contribution < 1.29 is 43.9 Å². The van der Waals surface area contributed by atoms with E-state index in [0.717, 1.165) is 12.1 Å². The summed E-state index contributed by atoms with van der Waals surface area (Å²) in [6, 6.07) is 6.86. The number of carbonyl (C=O) groups excluding carboxylic acids is 2. The summed E-state index contributed by atoms with van der Waals surface area (Å²) in [6.45, 7) is -0.786. The number of benzene rings is 2. The summed E-state index contributed by atoms with van der Waals surface area (Å²) >= 11 is 0. The Kier molecular flexibility index (Phi) is 6.91. The molecule has 0 aromatic heterocycles. The molecule has 150 valence electrons. The number of hydrogen-bond acceptors (Lipinski definition) is 9. The number of ketones is 2. The highest BCUT2D eigenvalue weighted by Crippen LogP contribution is 2.38. The van der Waals surface area contributed by atoms with Crippen LogP contribution in [-0.4, -0.2) is 54.3 Å². The zero-order chi connectivity index (χ0) is 20.7. The Morgan fingerprint density at radius 3 is 1.54 bits per heavy atom. The van der Waals surface area contributed by atoms with Crippen LogP contribution >= 0.6 is 0 Å². The summed E-state index contributed by atoms with van der Waals surface area (Å²) in [5.41, 5.74) is 0. The minimum Gasteiger partial charge on any atom is -0.504 e. The molecule has 2 aromatic carbocycles. The van der Waals surface area contributed by atoms with Crippen molar-refractivity contribution in [3.05, 3.63) is 30.3 Å². The van der Waals surface area contributed by atoms with Gasteiger partial charge in [0.05, 0.1) is 20.6 Å². The first-order chi connectivity index (χ1) is 13.3. The number of ether oxygens (including phenoxy) is 4. The van der Waals surface area contributed by atoms with Gasteiger partial charge in [0.25, 0.3) is 0 Å². The Balaban J connectivity index is 1.84. The van der Waals surface area contributed by atoms with Gasteiger partial charge >= 0.3 is 0 Å². The fourth-order valence-electron chi connectivity index (χ4n) is 2.18. The van der Waals surface area contributed by atoms with Crippen LogP contribution in [0, 0.1) is 0 Å². The molecule has 0 amide bonds. The van der Waals surface area contributed by atoms with Crippen molar-refractivity contribution in [1.82, 2.24) is 0 Å². The Morgan fingerprint density at radius 1 is 0.714 bits per heavy atom. The first kappa shape index (κ1) is 20.7. The molecule has 0 aliphatic rings. The second-order valence-electron chi connectivity index (χ2n) is 5.69. The van der Waals surface area contributed by atoms with E-state index in [9.17, 15) is 24.9 Å². The van der Waals surface area contributed by atoms with Crippen LogP contribution in [0.15, 0.2) is 30.3 Å². The average molecular weight is 392 g/mol. The smallest absolute Gasteiger partial charge is 0.200 e. The van der Waals surface area contributed by atoms with Crippen LogP contribution in [0.1, 0.15) is 6.42 Å². The quantitative estimate of drug-likeness (QED) is 0.409. The fourth-order valence-corrected chi connectivity index (χ4v) is 2.18. The van der Waals surface area contributed by atoms with Gasteiger partial charge in [0.15, 0.2) is 23.1 Å². The Labute approximate surface area is 160 Å². The van der Waals surface area contributed by atoms with Gasteiger partial charge in [-0.1, -0.05) is 0 Å². The summed E-state index contributed by atoms with van der Waals surface area (Å²) in [5.74, 6) is -1.58. The molecule has 0 atom stereocenters. The van der Waals surface area contributed by atoms with Crippen LogP contribution in [0.3, 0.4) is 0 Å². The molecule has 0 bridgehead atoms. The average Bonchev–Trinajstić information content (AvgIpc) is 2.68. The van der Waals surface area contributed by atoms with E-state index in [-0.39, 0.29) is 12.4 Å². The molecule has 0 saturated heterocycles. The number of phenols is 3. The van der Waals surface area contributed by atoms with Gasteiger partial charge in [-0.2, -0.15) is 0 Å². The van der Waals surface area contributed by atoms with Crippen LogP contribution < -0.4 is 18.9 Å². The van der Waals surface area contributed by atoms with Gasteiger partial charge in [0.1, 0.15) is 36.2 Å². The summed E-state index contributed by atoms with van der Waals surface area (Å²) in [6.07, 6.45) is -0.419. The summed E-state index contributed by atoms with van der Waals surface area (Å²) in [5, 5.41) is 28.0. The monoisotopic (exact) mass is 392 g/mol. The van der Waals surface area contributed by atoms with Crippen molar-refractivity contribution in [2.24, 2.45) is 0 Å². The molecular weight excluding hydrogens is 372 g/mol. The van der Waals surface area contributed by atoms with Crippen LogP contribution in [0.2, 0.25) is 0 Å². The summed E-state index contributed by atoms with van der Waals surface area (Å²) in [4.78, 5) is 23.8. The van der Waals surface area contributed by atoms with Gasteiger partial charge in [-0.3, -0.25) is 9.59 Å². The zero-order valence-corrected chi connectivity index (χ0v) is 15.3. The number of Topliss-reactive ketones (excluding diaryl/α,β-unsaturated/α-hetero) is 2. The second kappa shape index (κ2) is 9.36. The number of aromatic hydroxyl groups is 3. The highest BCUT2D eigenvalue weighted by atomic mass is 16.5. The lowest BCUT2D eigenvalue weighted by molar-refractivity contribution is -0.129. The maximum atomic E-state index is 11.9. The third kappa shape index (κ3) is 5.70. The first-order valence-electron chi connectivity index (χ1n) is 8.09. The first-order valence-corrected chi connectivity index (χ1v) is 8.09. The van der Waals surface area contributed by atoms with E-state index < -0.39 is 41.8 Å². The normalized spacial score (nSPS) is 10.2. The van der Waals surface area contributed by atoms with E-state index in [0.29, 0.717) is 17.2 Å². The lowest BCUT2D eigenvalue weighted by Crippen LogP contribution is -2.20. The van der Waals surface area contributed by atoms with E-state index in [1.807, 2.05) is 0 Å². The molecule has 0 aliphatic heterocycles. The van der Waals surface area contributed by atoms with Gasteiger partial charge in [0.2, 0.25) is 5.75 Å². The molecule has 2 rings (SSSR count). The Bertz CT molecular complexity index is 815. The molecular formula is C19H20O9. The molecule has 2 aromatic rings. The molecule has 0 fully saturated rings. The van der Waals surface area contributed by atoms with E-state index >= 15 is 0 Å². The van der Waals surface area contributed by atoms with Crippen molar-refractivity contribution in [2.75, 3.05) is 27.4 Å². The number of rotatable bonds is 10. The lowest BCUT2D eigenvalue weighted by atomic mass is 10.2. The maximum Gasteiger partial charge on any atom is 0.200 e. The number of methoxy groups -OCH3 is 2. The third-order valence-electron chi connectivity index (χ3n) is 3.56. The van der Waals surface area contributed by atoms with E-state index in [1.54, 1.807) is 18.2 Å². The predicted octanol–water partition coefficient (Wildman–Crippen LogP) is 1.81. The van der Waals surface area contributed by atoms with Crippen LogP contribution in [0.5, 0.6) is 40.2 Å². The van der Waals surface area contributed by atoms with Crippen molar-refractivity contribution in [1.29, 1.82) is 0 Å². The zero-order valence-electron chi connectivity index (χ0n) is 15.3. The van der Waals surface area contributed by atoms with E-state index in [2.05, 4.69) is 0 Å². The fraction of sp³-hybridized carbons (Fsp3) is 0.263. The predicted molar refractivity (Wildman–Crippen MR) is 96.6 cm³/mol. The largest absolute Gasteiger partial charge is 0.504 e. The number of phenolic OH excluding ortho intramolecular Hbond substituents is 3. The molecule has 9 nitrogen and oxygen atoms in total. The molecule has 0 saturated carbocycles. The molecule has 28 heavy (non-hydrogen) atoms. The van der Waals surface area contributed by atoms with E-state index in [4.69, 9.17) is 18.9 Å². The Hall–Kier alpha value is -3.62. The lowest BCUT2D eigenvalue weighted by Gasteiger charge is -2.10. The summed E-state index contributed by atoms with van der Waals surface area (Å²) < 4.78 is 20.7. The third-order valence-corrected chi connectivity index (χ3v) is 3.56. The van der Waals surface area contributed by atoms with Crippen molar-refractivity contribution >= 4 is 11.6 Å². The highest BCUT2D eigenvalue weighted by molar-refractivity contribution is 6.00. The molecule has 0 radical (unpaired) electrons. The van der Waals surface area contributed by atoms with Crippen molar-refractivity contribution in [3.8, 4) is 40.2 Å². The van der Waals surface area contributed by atoms with Crippen LogP contribution in [0.4, 0.5) is 0 Å². The van der Waals surface area contributed by atoms with Gasteiger partial charge in [-0.25, -0.2) is 0 Å². The molecule has 3 N–H and O–H groups in total. The van der Waals surface area contributed by atoms with Gasteiger partial charge < -0.3 is 34.3 Å². The van der Waals surface area contributed by atoms with Crippen molar-refractivity contribution in [2.45, 2.75) is 6.42 Å². The standard InChI is InChI=1S/C19H20O9/c1-25-13-4-14(26-2)6-15(5-13)27-9-11(20)3-12(21)10-28-16-7-17(22)19(24)18(23)8-16/h4-8,22-24H,3,9-10H2,1-2H3. The minimum absolute atomic E-state index is 0.0340. The molecule has 0 aliphatic carbocycles. The topological polar surface area (TPSA) is 132 Å². The molecule has 0 spiro atoms. The molecule has 9 heteroatoms. The highest BCUT2D eigenvalue weighted by Gasteiger charge is 2.14. The maximum absolute atomic E-state index is 11.9. The van der Waals surface area contributed by atoms with Crippen LogP contribution in [-0.2, 0) is 9.59 Å². The van der Waals surface area contributed by atoms with E-state index in [1.165, 1.54) is 14.2 Å². The Morgan fingerprint density at radius 2 is 1.11 bits per heavy atom. The summed E-state index contributed by atoms with van der Waals surface area (Å²) in [7, 11) is 2.96. The van der Waals surface area contributed by atoms with Gasteiger partial charge in [-0.05, 0) is 0 Å². The number of hydrogen-bond donors (Lipinski definition) is 3. The van der Waals surface area contributed by atoms with Crippen LogP contribution in [0.25, 0.3) is 0 Å². The molecule has 0 unspecified atom stereocenters. The SMILES string of the molecule is COc1cc(OC)cc(OCC(=O)CC(=O)COc2cc(O)c(O)c(O)c2)c1. The van der Waals surface area contributed by atoms with Gasteiger partial charge in [-0.15, -0.1) is 0 Å². The second-order valence-corrected chi connectivity index (χ2v) is 5.69. The van der Waals surface area contributed by atoms with Crippen molar-refractivity contribution in [3.63, 3.8) is 0 Å². The minimum atomic E-state index is -0.694.